The number of amides is 2. The summed E-state index contributed by atoms with van der Waals surface area (Å²) in [6.45, 7) is 6.94. The molecule has 0 unspecified atom stereocenters. The molecule has 22 heavy (non-hydrogen) atoms. The summed E-state index contributed by atoms with van der Waals surface area (Å²) in [7, 11) is 0. The van der Waals surface area contributed by atoms with E-state index in [1.807, 2.05) is 23.6 Å². The summed E-state index contributed by atoms with van der Waals surface area (Å²) in [5.74, 6) is 0.642. The maximum absolute atomic E-state index is 12.7. The Hall–Kier alpha value is -1.36. The third kappa shape index (κ3) is 3.05. The molecular formula is C17H24N2O2S. The van der Waals surface area contributed by atoms with Crippen LogP contribution in [0.1, 0.15) is 37.1 Å². The van der Waals surface area contributed by atoms with E-state index in [2.05, 4.69) is 11.4 Å². The van der Waals surface area contributed by atoms with Crippen LogP contribution < -0.4 is 0 Å². The van der Waals surface area contributed by atoms with Gasteiger partial charge in [0, 0.05) is 42.9 Å². The van der Waals surface area contributed by atoms with Crippen molar-refractivity contribution in [2.45, 2.75) is 39.7 Å². The topological polar surface area (TPSA) is 40.6 Å². The van der Waals surface area contributed by atoms with Crippen LogP contribution in [0.15, 0.2) is 11.4 Å². The molecule has 0 atom stereocenters. The molecule has 2 aliphatic heterocycles. The van der Waals surface area contributed by atoms with Gasteiger partial charge in [-0.2, -0.15) is 0 Å². The second-order valence-electron chi connectivity index (χ2n) is 6.63. The van der Waals surface area contributed by atoms with Gasteiger partial charge in [0.1, 0.15) is 0 Å². The van der Waals surface area contributed by atoms with Gasteiger partial charge in [-0.05, 0) is 36.3 Å². The van der Waals surface area contributed by atoms with Gasteiger partial charge in [0.15, 0.2) is 0 Å². The van der Waals surface area contributed by atoms with Crippen molar-refractivity contribution in [2.75, 3.05) is 19.6 Å². The highest BCUT2D eigenvalue weighted by atomic mass is 32.1. The predicted molar refractivity (Wildman–Crippen MR) is 87.6 cm³/mol. The molecule has 5 heteroatoms. The number of rotatable bonds is 2. The minimum absolute atomic E-state index is 0.0476. The van der Waals surface area contributed by atoms with Crippen molar-refractivity contribution in [1.29, 1.82) is 0 Å². The van der Waals surface area contributed by atoms with Gasteiger partial charge in [-0.1, -0.05) is 13.8 Å². The Bertz CT molecular complexity index is 559. The Morgan fingerprint density at radius 1 is 1.18 bits per heavy atom. The molecule has 0 N–H and O–H groups in total. The van der Waals surface area contributed by atoms with E-state index in [4.69, 9.17) is 0 Å². The highest BCUT2D eigenvalue weighted by Crippen LogP contribution is 2.27. The second-order valence-corrected chi connectivity index (χ2v) is 7.63. The zero-order chi connectivity index (χ0) is 15.7. The van der Waals surface area contributed by atoms with Gasteiger partial charge in [0.2, 0.25) is 11.8 Å². The molecule has 1 aromatic rings. The van der Waals surface area contributed by atoms with Crippen LogP contribution >= 0.6 is 11.3 Å². The van der Waals surface area contributed by atoms with E-state index >= 15 is 0 Å². The largest absolute Gasteiger partial charge is 0.342 e. The van der Waals surface area contributed by atoms with E-state index < -0.39 is 0 Å². The second kappa shape index (κ2) is 6.41. The van der Waals surface area contributed by atoms with Crippen molar-refractivity contribution in [3.05, 3.63) is 21.9 Å². The normalized spacial score (nSPS) is 19.4. The number of fused-ring (bicyclic) bond motifs is 1. The number of hydrogen-bond donors (Lipinski definition) is 0. The summed E-state index contributed by atoms with van der Waals surface area (Å²) in [5, 5.41) is 2.12. The zero-order valence-corrected chi connectivity index (χ0v) is 14.2. The fourth-order valence-electron chi connectivity index (χ4n) is 3.41. The lowest BCUT2D eigenvalue weighted by Crippen LogP contribution is -2.46. The Kier molecular flexibility index (Phi) is 4.52. The molecule has 0 bridgehead atoms. The number of hydrogen-bond acceptors (Lipinski definition) is 3. The average molecular weight is 320 g/mol. The van der Waals surface area contributed by atoms with Crippen LogP contribution in [-0.2, 0) is 22.6 Å². The minimum Gasteiger partial charge on any atom is -0.342 e. The smallest absolute Gasteiger partial charge is 0.226 e. The lowest BCUT2D eigenvalue weighted by Gasteiger charge is -2.36. The third-order valence-electron chi connectivity index (χ3n) is 4.77. The molecule has 3 rings (SSSR count). The molecule has 1 saturated heterocycles. The monoisotopic (exact) mass is 320 g/mol. The number of carbonyl (C=O) groups is 2. The molecule has 0 radical (unpaired) electrons. The highest BCUT2D eigenvalue weighted by Gasteiger charge is 2.32. The van der Waals surface area contributed by atoms with Crippen LogP contribution in [0.25, 0.3) is 0 Å². The van der Waals surface area contributed by atoms with Crippen molar-refractivity contribution in [3.8, 4) is 0 Å². The molecule has 0 saturated carbocycles. The third-order valence-corrected chi connectivity index (χ3v) is 5.79. The lowest BCUT2D eigenvalue weighted by atomic mass is 9.93. The Morgan fingerprint density at radius 3 is 2.59 bits per heavy atom. The quantitative estimate of drug-likeness (QED) is 0.840. The fourth-order valence-corrected chi connectivity index (χ4v) is 4.30. The first-order chi connectivity index (χ1) is 10.6. The number of nitrogens with zero attached hydrogens (tertiary/aromatic N) is 2. The highest BCUT2D eigenvalue weighted by molar-refractivity contribution is 7.10. The van der Waals surface area contributed by atoms with E-state index in [0.29, 0.717) is 0 Å². The molecule has 4 nitrogen and oxygen atoms in total. The molecule has 120 valence electrons. The number of carbonyl (C=O) groups excluding carboxylic acids is 2. The van der Waals surface area contributed by atoms with Crippen LogP contribution in [0.3, 0.4) is 0 Å². The summed E-state index contributed by atoms with van der Waals surface area (Å²) in [5.41, 5.74) is 1.32. The molecule has 1 aromatic heterocycles. The van der Waals surface area contributed by atoms with Gasteiger partial charge in [0.25, 0.3) is 0 Å². The van der Waals surface area contributed by atoms with Gasteiger partial charge < -0.3 is 9.80 Å². The summed E-state index contributed by atoms with van der Waals surface area (Å²) in [6, 6.07) is 2.14. The summed E-state index contributed by atoms with van der Waals surface area (Å²) in [6.07, 6.45) is 2.61. The maximum Gasteiger partial charge on any atom is 0.226 e. The fraction of sp³-hybridized carbons (Fsp3) is 0.647. The molecule has 0 spiro atoms. The molecule has 3 heterocycles. The molecule has 2 aliphatic rings. The first-order valence-electron chi connectivity index (χ1n) is 8.19. The van der Waals surface area contributed by atoms with Gasteiger partial charge in [-0.15, -0.1) is 11.3 Å². The summed E-state index contributed by atoms with van der Waals surface area (Å²) >= 11 is 1.80. The Labute approximate surface area is 136 Å². The van der Waals surface area contributed by atoms with Gasteiger partial charge in [-0.25, -0.2) is 0 Å². The van der Waals surface area contributed by atoms with Gasteiger partial charge in [0.05, 0.1) is 0 Å². The van der Waals surface area contributed by atoms with E-state index in [1.165, 1.54) is 10.4 Å². The number of piperidine rings is 1. The Balaban J connectivity index is 1.56. The van der Waals surface area contributed by atoms with E-state index in [9.17, 15) is 9.59 Å². The van der Waals surface area contributed by atoms with Crippen LogP contribution in [0, 0.1) is 11.8 Å². The molecule has 2 amide bonds. The van der Waals surface area contributed by atoms with Gasteiger partial charge >= 0.3 is 0 Å². The van der Waals surface area contributed by atoms with Crippen LogP contribution in [0.4, 0.5) is 0 Å². The average Bonchev–Trinajstić information content (AvgIpc) is 3.01. The molecule has 1 fully saturated rings. The van der Waals surface area contributed by atoms with Crippen molar-refractivity contribution in [2.24, 2.45) is 11.8 Å². The predicted octanol–water partition coefficient (Wildman–Crippen LogP) is 2.53. The number of likely N-dealkylation sites (tertiary alicyclic amines) is 1. The van der Waals surface area contributed by atoms with Crippen molar-refractivity contribution in [3.63, 3.8) is 0 Å². The van der Waals surface area contributed by atoms with Crippen LogP contribution in [-0.4, -0.2) is 41.2 Å². The van der Waals surface area contributed by atoms with Crippen molar-refractivity contribution in [1.82, 2.24) is 9.80 Å². The van der Waals surface area contributed by atoms with Crippen LogP contribution in [0.2, 0.25) is 0 Å². The minimum atomic E-state index is 0.0476. The first kappa shape index (κ1) is 15.5. The van der Waals surface area contributed by atoms with Gasteiger partial charge in [-0.3, -0.25) is 9.59 Å². The maximum atomic E-state index is 12.7. The van der Waals surface area contributed by atoms with E-state index in [0.717, 1.165) is 45.4 Å². The number of thiophene rings is 1. The molecular weight excluding hydrogens is 296 g/mol. The zero-order valence-electron chi connectivity index (χ0n) is 13.4. The van der Waals surface area contributed by atoms with Crippen molar-refractivity contribution >= 4 is 23.2 Å². The van der Waals surface area contributed by atoms with E-state index in [1.54, 1.807) is 11.3 Å². The lowest BCUT2D eigenvalue weighted by molar-refractivity contribution is -0.142. The Morgan fingerprint density at radius 2 is 1.91 bits per heavy atom. The first-order valence-corrected chi connectivity index (χ1v) is 9.07. The molecule has 0 aliphatic carbocycles. The van der Waals surface area contributed by atoms with Crippen molar-refractivity contribution < 1.29 is 9.59 Å². The standard InChI is InChI=1S/C17H24N2O2S/c1-12(2)16(20)18-7-3-13(4-8-18)17(21)19-9-5-15-14(11-19)6-10-22-15/h6,10,12-13H,3-5,7-9,11H2,1-2H3. The summed E-state index contributed by atoms with van der Waals surface area (Å²) < 4.78 is 0. The van der Waals surface area contributed by atoms with E-state index in [-0.39, 0.29) is 23.7 Å². The van der Waals surface area contributed by atoms with Crippen LogP contribution in [0.5, 0.6) is 0 Å². The SMILES string of the molecule is CC(C)C(=O)N1CCC(C(=O)N2CCc3sccc3C2)CC1. The summed E-state index contributed by atoms with van der Waals surface area (Å²) in [4.78, 5) is 30.1. The molecule has 0 aromatic carbocycles.